The monoisotopic (exact) mass is 797 g/mol. The molecule has 1 unspecified atom stereocenters. The number of amides is 2. The van der Waals surface area contributed by atoms with E-state index in [9.17, 15) is 14.2 Å². The summed E-state index contributed by atoms with van der Waals surface area (Å²) in [4.78, 5) is 47.0. The molecule has 2 aromatic heterocycles. The van der Waals surface area contributed by atoms with Gasteiger partial charge in [-0.2, -0.15) is 4.98 Å². The molecule has 0 spiro atoms. The number of aromatic nitrogens is 4. The number of nitrogens with one attached hydrogen (secondary N) is 3. The van der Waals surface area contributed by atoms with Crippen LogP contribution in [0.2, 0.25) is 0 Å². The van der Waals surface area contributed by atoms with Gasteiger partial charge in [0, 0.05) is 69.5 Å². The highest BCUT2D eigenvalue weighted by atomic mass is 79.9. The lowest BCUT2D eigenvalue weighted by Gasteiger charge is -2.37. The molecular formula is C38H41BrN9O4P. The van der Waals surface area contributed by atoms with Crippen LogP contribution in [-0.2, 0) is 20.7 Å². The first-order valence-corrected chi connectivity index (χ1v) is 20.8. The summed E-state index contributed by atoms with van der Waals surface area (Å²) in [5.41, 5.74) is 6.92. The quantitative estimate of drug-likeness (QED) is 0.111. The van der Waals surface area contributed by atoms with Gasteiger partial charge in [-0.3, -0.25) is 29.8 Å². The first-order valence-electron chi connectivity index (χ1n) is 17.4. The van der Waals surface area contributed by atoms with Crippen molar-refractivity contribution >= 4 is 80.1 Å². The van der Waals surface area contributed by atoms with E-state index < -0.39 is 7.14 Å². The van der Waals surface area contributed by atoms with Gasteiger partial charge in [-0.1, -0.05) is 24.3 Å². The lowest BCUT2D eigenvalue weighted by Crippen LogP contribution is -2.46. The number of carbonyl (C=O) groups is 2. The molecule has 2 saturated heterocycles. The fourth-order valence-electron chi connectivity index (χ4n) is 7.04. The third kappa shape index (κ3) is 8.04. The molecule has 0 radical (unpaired) electrons. The third-order valence-electron chi connectivity index (χ3n) is 9.63. The van der Waals surface area contributed by atoms with Crippen molar-refractivity contribution in [2.45, 2.75) is 32.2 Å². The molecule has 53 heavy (non-hydrogen) atoms. The molecule has 1 atom stereocenters. The molecule has 5 aromatic rings. The van der Waals surface area contributed by atoms with Crippen molar-refractivity contribution < 1.29 is 18.9 Å². The van der Waals surface area contributed by atoms with Crippen LogP contribution in [0.5, 0.6) is 5.75 Å². The molecule has 2 fully saturated rings. The molecule has 0 bridgehead atoms. The molecule has 4 heterocycles. The zero-order chi connectivity index (χ0) is 37.3. The van der Waals surface area contributed by atoms with Crippen LogP contribution in [0.3, 0.4) is 0 Å². The highest BCUT2D eigenvalue weighted by Gasteiger charge is 2.28. The summed E-state index contributed by atoms with van der Waals surface area (Å²) >= 11 is 3.57. The van der Waals surface area contributed by atoms with Crippen LogP contribution in [-0.4, -0.2) is 83.3 Å². The van der Waals surface area contributed by atoms with E-state index in [0.29, 0.717) is 56.9 Å². The predicted octanol–water partition coefficient (Wildman–Crippen LogP) is 6.08. The number of piperidine rings is 1. The molecule has 0 aliphatic carbocycles. The fraction of sp³-hybridized carbons (Fsp3) is 0.316. The largest absolute Gasteiger partial charge is 0.494 e. The number of halogens is 1. The molecule has 0 saturated carbocycles. The minimum atomic E-state index is -2.77. The number of carbonyl (C=O) groups excluding carboxylic acids is 2. The van der Waals surface area contributed by atoms with Crippen LogP contribution in [0.4, 0.5) is 28.8 Å². The van der Waals surface area contributed by atoms with E-state index in [4.69, 9.17) is 9.72 Å². The number of nitrogens with zero attached hydrogens (tertiary/aromatic N) is 6. The summed E-state index contributed by atoms with van der Waals surface area (Å²) in [6, 6.07) is 16.0. The maximum Gasteiger partial charge on any atom is 0.234 e. The Morgan fingerprint density at radius 2 is 1.77 bits per heavy atom. The maximum atomic E-state index is 13.4. The Morgan fingerprint density at radius 3 is 2.53 bits per heavy atom. The average molecular weight is 799 g/mol. The molecule has 7 rings (SSSR count). The molecule has 3 aromatic carbocycles. The van der Waals surface area contributed by atoms with Crippen LogP contribution >= 0.6 is 23.1 Å². The summed E-state index contributed by atoms with van der Waals surface area (Å²) < 4.78 is 19.9. The van der Waals surface area contributed by atoms with Crippen molar-refractivity contribution in [2.24, 2.45) is 0 Å². The van der Waals surface area contributed by atoms with Crippen molar-refractivity contribution in [3.8, 4) is 5.75 Å². The molecule has 2 amide bonds. The third-order valence-corrected chi connectivity index (χ3v) is 11.7. The molecular weight excluding hydrogens is 757 g/mol. The summed E-state index contributed by atoms with van der Waals surface area (Å²) in [7, 11) is -1.12. The first-order chi connectivity index (χ1) is 25.5. The minimum Gasteiger partial charge on any atom is -0.494 e. The van der Waals surface area contributed by atoms with E-state index in [1.165, 1.54) is 0 Å². The van der Waals surface area contributed by atoms with E-state index in [-0.39, 0.29) is 17.7 Å². The SMILES string of the molecule is COc1cc(N2CCN(Cc3cccc(C4CCC(=O)NC4=O)c3)CC2)c(C)cc1Nc1ncc(Br)c(Nc2ccc3nccnc3c2P(C)(C)=O)n1. The van der Waals surface area contributed by atoms with Gasteiger partial charge in [-0.15, -0.1) is 0 Å². The van der Waals surface area contributed by atoms with Gasteiger partial charge in [0.15, 0.2) is 0 Å². The smallest absolute Gasteiger partial charge is 0.234 e. The Labute approximate surface area is 316 Å². The van der Waals surface area contributed by atoms with Crippen LogP contribution in [0, 0.1) is 6.92 Å². The van der Waals surface area contributed by atoms with Crippen molar-refractivity contribution in [3.05, 3.63) is 88.3 Å². The van der Waals surface area contributed by atoms with Gasteiger partial charge in [0.1, 0.15) is 24.2 Å². The number of benzene rings is 3. The Kier molecular flexibility index (Phi) is 10.5. The van der Waals surface area contributed by atoms with E-state index in [0.717, 1.165) is 60.8 Å². The highest BCUT2D eigenvalue weighted by molar-refractivity contribution is 9.10. The fourth-order valence-corrected chi connectivity index (χ4v) is 8.72. The number of fused-ring (bicyclic) bond motifs is 1. The number of anilines is 5. The molecule has 2 aliphatic heterocycles. The van der Waals surface area contributed by atoms with Crippen molar-refractivity contribution in [1.29, 1.82) is 0 Å². The van der Waals surface area contributed by atoms with Gasteiger partial charge in [0.05, 0.1) is 39.7 Å². The number of hydrogen-bond donors (Lipinski definition) is 3. The number of methoxy groups -OCH3 is 1. The Hall–Kier alpha value is -4.91. The summed E-state index contributed by atoms with van der Waals surface area (Å²) in [6.45, 7) is 9.76. The number of piperazine rings is 1. The number of ether oxygens (including phenoxy) is 1. The van der Waals surface area contributed by atoms with Crippen LogP contribution in [0.15, 0.2) is 71.6 Å². The summed E-state index contributed by atoms with van der Waals surface area (Å²) in [5.74, 6) is 0.817. The zero-order valence-electron chi connectivity index (χ0n) is 30.0. The standard InChI is InChI=1S/C38H41BrN9O4P/c1-23-18-30(44-38-42-21-27(39)36(46-38)43-29-10-9-28-34(41-13-12-40-28)35(29)53(3,4)51)32(52-2)20-31(23)48-16-14-47(15-17-48)22-24-6-5-7-25(19-24)26-8-11-33(49)45-37(26)50/h5-7,9-10,12-13,18-21,26H,8,11,14-17,22H2,1-4H3,(H,45,49,50)(H2,42,43,44,46). The summed E-state index contributed by atoms with van der Waals surface area (Å²) in [6.07, 6.45) is 5.80. The molecule has 15 heteroatoms. The van der Waals surface area contributed by atoms with E-state index in [1.54, 1.807) is 39.0 Å². The highest BCUT2D eigenvalue weighted by Crippen LogP contribution is 2.41. The zero-order valence-corrected chi connectivity index (χ0v) is 32.5. The van der Waals surface area contributed by atoms with Gasteiger partial charge in [0.2, 0.25) is 17.8 Å². The van der Waals surface area contributed by atoms with Crippen molar-refractivity contribution in [1.82, 2.24) is 30.2 Å². The normalized spacial score (nSPS) is 16.8. The van der Waals surface area contributed by atoms with Crippen LogP contribution < -0.4 is 30.9 Å². The Bertz CT molecular complexity index is 2260. The topological polar surface area (TPSA) is 155 Å². The predicted molar refractivity (Wildman–Crippen MR) is 212 cm³/mol. The molecule has 274 valence electrons. The molecule has 3 N–H and O–H groups in total. The first kappa shape index (κ1) is 36.4. The second-order valence-corrected chi connectivity index (χ2v) is 17.7. The van der Waals surface area contributed by atoms with E-state index in [2.05, 4.69) is 81.8 Å². The van der Waals surface area contributed by atoms with Crippen LogP contribution in [0.25, 0.3) is 11.0 Å². The van der Waals surface area contributed by atoms with Gasteiger partial charge < -0.3 is 24.8 Å². The van der Waals surface area contributed by atoms with Gasteiger partial charge >= 0.3 is 0 Å². The van der Waals surface area contributed by atoms with Gasteiger partial charge in [0.25, 0.3) is 0 Å². The molecule has 13 nitrogen and oxygen atoms in total. The second-order valence-electron chi connectivity index (χ2n) is 13.7. The van der Waals surface area contributed by atoms with Gasteiger partial charge in [-0.05, 0) is 77.5 Å². The summed E-state index contributed by atoms with van der Waals surface area (Å²) in [5, 5.41) is 9.76. The average Bonchev–Trinajstić information content (AvgIpc) is 3.13. The minimum absolute atomic E-state index is 0.198. The van der Waals surface area contributed by atoms with E-state index >= 15 is 0 Å². The van der Waals surface area contributed by atoms with E-state index in [1.807, 2.05) is 30.3 Å². The molecule has 2 aliphatic rings. The maximum absolute atomic E-state index is 13.4. The van der Waals surface area contributed by atoms with Crippen molar-refractivity contribution in [2.75, 3.05) is 62.2 Å². The second kappa shape index (κ2) is 15.2. The number of hydrogen-bond acceptors (Lipinski definition) is 12. The Balaban J connectivity index is 1.03. The lowest BCUT2D eigenvalue weighted by molar-refractivity contribution is -0.134. The lowest BCUT2D eigenvalue weighted by atomic mass is 9.89. The number of imide groups is 1. The van der Waals surface area contributed by atoms with Crippen LogP contribution in [0.1, 0.15) is 35.4 Å². The van der Waals surface area contributed by atoms with Crippen molar-refractivity contribution in [3.63, 3.8) is 0 Å². The Morgan fingerprint density at radius 1 is 0.981 bits per heavy atom. The van der Waals surface area contributed by atoms with Gasteiger partial charge in [-0.25, -0.2) is 4.98 Å². The number of rotatable bonds is 10. The number of aryl methyl sites for hydroxylation is 1.